The summed E-state index contributed by atoms with van der Waals surface area (Å²) in [6, 6.07) is 2.03. The molecule has 0 radical (unpaired) electrons. The number of hydrogen-bond acceptors (Lipinski definition) is 5. The number of benzene rings is 1. The van der Waals surface area contributed by atoms with Crippen LogP contribution in [0.1, 0.15) is 32.6 Å². The third kappa shape index (κ3) is 4.27. The number of aromatic nitrogens is 1. The van der Waals surface area contributed by atoms with Gasteiger partial charge in [-0.25, -0.2) is 21.5 Å². The smallest absolute Gasteiger partial charge is 0.274 e. The molecular formula is C16H20F2N2O3S2. The highest BCUT2D eigenvalue weighted by atomic mass is 32.2. The van der Waals surface area contributed by atoms with Crippen LogP contribution in [0.15, 0.2) is 12.1 Å². The summed E-state index contributed by atoms with van der Waals surface area (Å²) >= 11 is 1.09. The molecule has 0 saturated carbocycles. The van der Waals surface area contributed by atoms with Crippen LogP contribution < -0.4 is 4.74 Å². The predicted octanol–water partition coefficient (Wildman–Crippen LogP) is 3.55. The third-order valence-electron chi connectivity index (χ3n) is 4.21. The van der Waals surface area contributed by atoms with Gasteiger partial charge in [0.15, 0.2) is 5.82 Å². The highest BCUT2D eigenvalue weighted by Gasteiger charge is 2.29. The number of hydrogen-bond donors (Lipinski definition) is 0. The monoisotopic (exact) mass is 390 g/mol. The van der Waals surface area contributed by atoms with Crippen LogP contribution in [0.3, 0.4) is 0 Å². The Balaban J connectivity index is 1.62. The number of halogens is 2. The van der Waals surface area contributed by atoms with Crippen molar-refractivity contribution in [3.63, 3.8) is 0 Å². The maximum absolute atomic E-state index is 13.7. The van der Waals surface area contributed by atoms with Crippen LogP contribution >= 0.6 is 11.3 Å². The molecule has 0 unspecified atom stereocenters. The minimum Gasteiger partial charge on any atom is -0.467 e. The van der Waals surface area contributed by atoms with E-state index in [0.29, 0.717) is 37.1 Å². The van der Waals surface area contributed by atoms with Crippen LogP contribution in [0.25, 0.3) is 10.2 Å². The summed E-state index contributed by atoms with van der Waals surface area (Å²) in [5.41, 5.74) is 0.0981. The number of unbranched alkanes of at least 4 members (excludes halogenated alkanes) is 1. The first kappa shape index (κ1) is 18.5. The lowest BCUT2D eigenvalue weighted by atomic mass is 10.1. The summed E-state index contributed by atoms with van der Waals surface area (Å²) < 4.78 is 59.0. The lowest BCUT2D eigenvalue weighted by Gasteiger charge is -2.30. The highest BCUT2D eigenvalue weighted by Crippen LogP contribution is 2.32. The average Bonchev–Trinajstić information content (AvgIpc) is 2.96. The van der Waals surface area contributed by atoms with E-state index >= 15 is 0 Å². The lowest BCUT2D eigenvalue weighted by Crippen LogP contribution is -2.42. The molecule has 0 N–H and O–H groups in total. The van der Waals surface area contributed by atoms with Gasteiger partial charge >= 0.3 is 0 Å². The molecule has 0 aliphatic carbocycles. The molecule has 25 heavy (non-hydrogen) atoms. The van der Waals surface area contributed by atoms with Crippen molar-refractivity contribution in [1.82, 2.24) is 9.29 Å². The molecule has 2 heterocycles. The van der Waals surface area contributed by atoms with Gasteiger partial charge in [-0.1, -0.05) is 24.7 Å². The fraction of sp³-hybridized carbons (Fsp3) is 0.562. The van der Waals surface area contributed by atoms with Crippen molar-refractivity contribution >= 4 is 31.6 Å². The molecule has 2 aromatic rings. The van der Waals surface area contributed by atoms with Crippen molar-refractivity contribution in [3.8, 4) is 5.19 Å². The molecular weight excluding hydrogens is 370 g/mol. The van der Waals surface area contributed by atoms with E-state index in [-0.39, 0.29) is 22.6 Å². The SMILES string of the molecule is CCCCS(=O)(=O)N1CCC(Oc2nc3c(F)cc(F)cc3s2)CC1. The zero-order valence-electron chi connectivity index (χ0n) is 13.9. The second-order valence-electron chi connectivity index (χ2n) is 6.10. The molecule has 3 rings (SSSR count). The highest BCUT2D eigenvalue weighted by molar-refractivity contribution is 7.89. The normalized spacial score (nSPS) is 17.2. The molecule has 1 aliphatic rings. The predicted molar refractivity (Wildman–Crippen MR) is 93.5 cm³/mol. The van der Waals surface area contributed by atoms with Gasteiger partial charge in [-0.2, -0.15) is 4.98 Å². The second kappa shape index (κ2) is 7.51. The van der Waals surface area contributed by atoms with E-state index in [0.717, 1.165) is 23.8 Å². The Bertz CT molecular complexity index is 846. The Labute approximate surface area is 149 Å². The molecule has 1 aromatic carbocycles. The number of piperidine rings is 1. The molecule has 1 aliphatic heterocycles. The first-order chi connectivity index (χ1) is 11.9. The van der Waals surface area contributed by atoms with Gasteiger partial charge < -0.3 is 4.74 Å². The number of nitrogens with zero attached hydrogens (tertiary/aromatic N) is 2. The fourth-order valence-electron chi connectivity index (χ4n) is 2.81. The van der Waals surface area contributed by atoms with Crippen molar-refractivity contribution in [2.75, 3.05) is 18.8 Å². The zero-order valence-corrected chi connectivity index (χ0v) is 15.5. The molecule has 1 saturated heterocycles. The molecule has 9 heteroatoms. The first-order valence-corrected chi connectivity index (χ1v) is 10.7. The quantitative estimate of drug-likeness (QED) is 0.757. The van der Waals surface area contributed by atoms with Crippen LogP contribution in [0.5, 0.6) is 5.19 Å². The minimum absolute atomic E-state index is 0.0981. The van der Waals surface area contributed by atoms with Gasteiger partial charge in [0, 0.05) is 19.2 Å². The van der Waals surface area contributed by atoms with Crippen LogP contribution in [-0.4, -0.2) is 42.7 Å². The van der Waals surface area contributed by atoms with Crippen molar-refractivity contribution < 1.29 is 21.9 Å². The minimum atomic E-state index is -3.20. The van der Waals surface area contributed by atoms with Crippen molar-refractivity contribution in [2.24, 2.45) is 0 Å². The Kier molecular flexibility index (Phi) is 5.55. The van der Waals surface area contributed by atoms with Gasteiger partial charge in [-0.3, -0.25) is 0 Å². The summed E-state index contributed by atoms with van der Waals surface area (Å²) in [6.45, 7) is 2.78. The summed E-state index contributed by atoms with van der Waals surface area (Å²) in [7, 11) is -3.20. The molecule has 5 nitrogen and oxygen atoms in total. The Hall–Kier alpha value is -1.32. The van der Waals surface area contributed by atoms with E-state index in [1.54, 1.807) is 0 Å². The zero-order chi connectivity index (χ0) is 18.0. The van der Waals surface area contributed by atoms with Gasteiger partial charge in [-0.05, 0) is 25.3 Å². The molecule has 0 bridgehead atoms. The van der Waals surface area contributed by atoms with Crippen molar-refractivity contribution in [1.29, 1.82) is 0 Å². The van der Waals surface area contributed by atoms with E-state index in [9.17, 15) is 17.2 Å². The fourth-order valence-corrected chi connectivity index (χ4v) is 5.41. The number of ether oxygens (including phenoxy) is 1. The van der Waals surface area contributed by atoms with Crippen LogP contribution in [0, 0.1) is 11.6 Å². The van der Waals surface area contributed by atoms with Gasteiger partial charge in [0.05, 0.1) is 10.5 Å². The van der Waals surface area contributed by atoms with E-state index < -0.39 is 21.7 Å². The van der Waals surface area contributed by atoms with Crippen molar-refractivity contribution in [3.05, 3.63) is 23.8 Å². The summed E-state index contributed by atoms with van der Waals surface area (Å²) in [6.07, 6.45) is 2.43. The average molecular weight is 390 g/mol. The van der Waals surface area contributed by atoms with Gasteiger partial charge in [0.2, 0.25) is 10.0 Å². The second-order valence-corrected chi connectivity index (χ2v) is 9.18. The van der Waals surface area contributed by atoms with Gasteiger partial charge in [-0.15, -0.1) is 0 Å². The standard InChI is InChI=1S/C16H20F2N2O3S2/c1-2-3-8-25(21,22)20-6-4-12(5-7-20)23-16-19-15-13(18)9-11(17)10-14(15)24-16/h9-10,12H,2-8H2,1H3. The summed E-state index contributed by atoms with van der Waals surface area (Å²) in [5.74, 6) is -1.18. The largest absolute Gasteiger partial charge is 0.467 e. The van der Waals surface area contributed by atoms with Crippen LogP contribution in [0.4, 0.5) is 8.78 Å². The first-order valence-electron chi connectivity index (χ1n) is 8.29. The van der Waals surface area contributed by atoms with Crippen LogP contribution in [0.2, 0.25) is 0 Å². The molecule has 1 aromatic heterocycles. The number of fused-ring (bicyclic) bond motifs is 1. The number of sulfonamides is 1. The third-order valence-corrected chi connectivity index (χ3v) is 7.06. The summed E-state index contributed by atoms with van der Waals surface area (Å²) in [5, 5.41) is 0.284. The molecule has 0 amide bonds. The van der Waals surface area contributed by atoms with Crippen molar-refractivity contribution in [2.45, 2.75) is 38.7 Å². The maximum Gasteiger partial charge on any atom is 0.274 e. The van der Waals surface area contributed by atoms with E-state index in [4.69, 9.17) is 4.74 Å². The Morgan fingerprint density at radius 1 is 1.32 bits per heavy atom. The molecule has 0 atom stereocenters. The summed E-state index contributed by atoms with van der Waals surface area (Å²) in [4.78, 5) is 4.08. The van der Waals surface area contributed by atoms with E-state index in [2.05, 4.69) is 4.98 Å². The number of rotatable bonds is 6. The molecule has 0 spiro atoms. The maximum atomic E-state index is 13.7. The topological polar surface area (TPSA) is 59.5 Å². The Morgan fingerprint density at radius 2 is 2.04 bits per heavy atom. The number of thiazole rings is 1. The molecule has 1 fully saturated rings. The van der Waals surface area contributed by atoms with E-state index in [1.165, 1.54) is 10.4 Å². The lowest BCUT2D eigenvalue weighted by molar-refractivity contribution is 0.135. The molecule has 138 valence electrons. The van der Waals surface area contributed by atoms with Gasteiger partial charge in [0.25, 0.3) is 5.19 Å². The van der Waals surface area contributed by atoms with E-state index in [1.807, 2.05) is 6.92 Å². The van der Waals surface area contributed by atoms with Crippen LogP contribution in [-0.2, 0) is 10.0 Å². The Morgan fingerprint density at radius 3 is 2.72 bits per heavy atom. The van der Waals surface area contributed by atoms with Gasteiger partial charge in [0.1, 0.15) is 17.4 Å².